The van der Waals surface area contributed by atoms with Gasteiger partial charge in [-0.2, -0.15) is 11.3 Å². The molecule has 0 fully saturated rings. The predicted molar refractivity (Wildman–Crippen MR) is 93.8 cm³/mol. The van der Waals surface area contributed by atoms with E-state index in [1.807, 2.05) is 48.8 Å². The summed E-state index contributed by atoms with van der Waals surface area (Å²) >= 11 is 1.65. The molecule has 110 valence electrons. The highest BCUT2D eigenvalue weighted by Crippen LogP contribution is 2.19. The molecule has 2 aromatic carbocycles. The highest BCUT2D eigenvalue weighted by molar-refractivity contribution is 7.07. The second kappa shape index (κ2) is 6.58. The van der Waals surface area contributed by atoms with Gasteiger partial charge in [0.25, 0.3) is 0 Å². The lowest BCUT2D eigenvalue weighted by molar-refractivity contribution is -0.125. The number of carbonyl (C=O) groups excluding carboxylic acids is 1. The van der Waals surface area contributed by atoms with Crippen molar-refractivity contribution < 1.29 is 4.79 Å². The monoisotopic (exact) mass is 307 g/mol. The fourth-order valence-electron chi connectivity index (χ4n) is 2.42. The minimum atomic E-state index is 0.0131. The number of hydrogen-bond acceptors (Lipinski definition) is 2. The van der Waals surface area contributed by atoms with E-state index in [-0.39, 0.29) is 5.91 Å². The first-order chi connectivity index (χ1) is 10.7. The summed E-state index contributed by atoms with van der Waals surface area (Å²) in [4.78, 5) is 13.9. The summed E-state index contributed by atoms with van der Waals surface area (Å²) in [6, 6.07) is 16.4. The first-order valence-corrected chi connectivity index (χ1v) is 8.10. The molecule has 3 aromatic rings. The molecule has 0 unspecified atom stereocenters. The minimum Gasteiger partial charge on any atom is -0.338 e. The fraction of sp³-hybridized carbons (Fsp3) is 0.105. The van der Waals surface area contributed by atoms with Crippen molar-refractivity contribution in [1.29, 1.82) is 0 Å². The molecule has 0 spiro atoms. The first-order valence-electron chi connectivity index (χ1n) is 7.16. The Morgan fingerprint density at radius 2 is 1.95 bits per heavy atom. The van der Waals surface area contributed by atoms with Crippen LogP contribution in [0.3, 0.4) is 0 Å². The lowest BCUT2D eigenvalue weighted by Gasteiger charge is -2.13. The third kappa shape index (κ3) is 3.26. The van der Waals surface area contributed by atoms with E-state index in [2.05, 4.69) is 23.6 Å². The molecule has 0 radical (unpaired) electrons. The Morgan fingerprint density at radius 1 is 1.14 bits per heavy atom. The van der Waals surface area contributed by atoms with E-state index < -0.39 is 0 Å². The Morgan fingerprint density at radius 3 is 2.77 bits per heavy atom. The molecule has 0 aliphatic carbocycles. The second-order valence-electron chi connectivity index (χ2n) is 5.23. The SMILES string of the molecule is CN(Cc1ccsc1)C(=O)C=Cc1cccc2ccccc12. The van der Waals surface area contributed by atoms with E-state index in [9.17, 15) is 4.79 Å². The maximum Gasteiger partial charge on any atom is 0.246 e. The van der Waals surface area contributed by atoms with Crippen molar-refractivity contribution in [3.63, 3.8) is 0 Å². The van der Waals surface area contributed by atoms with Crippen LogP contribution in [-0.4, -0.2) is 17.9 Å². The topological polar surface area (TPSA) is 20.3 Å². The molecule has 0 aliphatic rings. The van der Waals surface area contributed by atoms with E-state index in [0.29, 0.717) is 6.54 Å². The van der Waals surface area contributed by atoms with Crippen LogP contribution >= 0.6 is 11.3 Å². The van der Waals surface area contributed by atoms with Crippen LogP contribution in [0.4, 0.5) is 0 Å². The van der Waals surface area contributed by atoms with Gasteiger partial charge in [-0.1, -0.05) is 42.5 Å². The second-order valence-corrected chi connectivity index (χ2v) is 6.01. The lowest BCUT2D eigenvalue weighted by Crippen LogP contribution is -2.23. The molecule has 1 amide bonds. The maximum absolute atomic E-state index is 12.2. The number of fused-ring (bicyclic) bond motifs is 1. The van der Waals surface area contributed by atoms with Crippen LogP contribution in [0.25, 0.3) is 16.8 Å². The van der Waals surface area contributed by atoms with Crippen LogP contribution in [0.5, 0.6) is 0 Å². The van der Waals surface area contributed by atoms with Crippen LogP contribution in [-0.2, 0) is 11.3 Å². The number of carbonyl (C=O) groups is 1. The van der Waals surface area contributed by atoms with Gasteiger partial charge < -0.3 is 4.90 Å². The summed E-state index contributed by atoms with van der Waals surface area (Å²) in [5.74, 6) is 0.0131. The Bertz CT molecular complexity index is 800. The van der Waals surface area contributed by atoms with Crippen molar-refractivity contribution >= 4 is 34.1 Å². The van der Waals surface area contributed by atoms with Gasteiger partial charge in [0, 0.05) is 19.7 Å². The molecular weight excluding hydrogens is 290 g/mol. The Labute approximate surface area is 134 Å². The molecule has 0 bridgehead atoms. The van der Waals surface area contributed by atoms with Crippen molar-refractivity contribution in [3.05, 3.63) is 76.5 Å². The Balaban J connectivity index is 1.76. The van der Waals surface area contributed by atoms with Crippen LogP contribution < -0.4 is 0 Å². The summed E-state index contributed by atoms with van der Waals surface area (Å²) in [5.41, 5.74) is 2.23. The lowest BCUT2D eigenvalue weighted by atomic mass is 10.0. The Kier molecular flexibility index (Phi) is 4.35. The third-order valence-electron chi connectivity index (χ3n) is 3.60. The number of rotatable bonds is 4. The zero-order valence-corrected chi connectivity index (χ0v) is 13.2. The number of likely N-dealkylation sites (N-methyl/N-ethyl adjacent to an activating group) is 1. The number of nitrogens with zero attached hydrogens (tertiary/aromatic N) is 1. The van der Waals surface area contributed by atoms with Crippen molar-refractivity contribution in [2.45, 2.75) is 6.54 Å². The molecule has 3 rings (SSSR count). The van der Waals surface area contributed by atoms with Gasteiger partial charge in [0.1, 0.15) is 0 Å². The summed E-state index contributed by atoms with van der Waals surface area (Å²) in [6.07, 6.45) is 3.54. The largest absolute Gasteiger partial charge is 0.338 e. The number of thiophene rings is 1. The standard InChI is InChI=1S/C19H17NOS/c1-20(13-15-11-12-22-14-15)19(21)10-9-17-7-4-6-16-5-2-3-8-18(16)17/h2-12,14H,13H2,1H3. The number of benzene rings is 2. The molecule has 0 saturated heterocycles. The normalized spacial score (nSPS) is 11.1. The molecule has 0 atom stereocenters. The zero-order chi connectivity index (χ0) is 15.4. The molecule has 0 aliphatic heterocycles. The summed E-state index contributed by atoms with van der Waals surface area (Å²) in [6.45, 7) is 0.641. The molecule has 3 heteroatoms. The van der Waals surface area contributed by atoms with Crippen molar-refractivity contribution in [2.75, 3.05) is 7.05 Å². The van der Waals surface area contributed by atoms with E-state index in [0.717, 1.165) is 10.9 Å². The van der Waals surface area contributed by atoms with E-state index >= 15 is 0 Å². The predicted octanol–water partition coefficient (Wildman–Crippen LogP) is 4.57. The van der Waals surface area contributed by atoms with Gasteiger partial charge in [0.05, 0.1) is 0 Å². The van der Waals surface area contributed by atoms with Gasteiger partial charge in [-0.3, -0.25) is 4.79 Å². The first kappa shape index (κ1) is 14.5. The average Bonchev–Trinajstić information content (AvgIpc) is 3.05. The van der Waals surface area contributed by atoms with Crippen molar-refractivity contribution in [2.24, 2.45) is 0 Å². The smallest absolute Gasteiger partial charge is 0.246 e. The van der Waals surface area contributed by atoms with E-state index in [1.165, 1.54) is 10.9 Å². The van der Waals surface area contributed by atoms with Gasteiger partial charge in [0.15, 0.2) is 0 Å². The van der Waals surface area contributed by atoms with Crippen LogP contribution in [0.15, 0.2) is 65.4 Å². The van der Waals surface area contributed by atoms with Gasteiger partial charge in [0.2, 0.25) is 5.91 Å². The average molecular weight is 307 g/mol. The fourth-order valence-corrected chi connectivity index (χ4v) is 3.08. The van der Waals surface area contributed by atoms with Crippen molar-refractivity contribution in [1.82, 2.24) is 4.90 Å². The summed E-state index contributed by atoms with van der Waals surface area (Å²) in [5, 5.41) is 6.44. The number of hydrogen-bond donors (Lipinski definition) is 0. The molecule has 1 aromatic heterocycles. The Hall–Kier alpha value is -2.39. The minimum absolute atomic E-state index is 0.0131. The highest BCUT2D eigenvalue weighted by Gasteiger charge is 2.06. The molecule has 1 heterocycles. The van der Waals surface area contributed by atoms with Gasteiger partial charge in [-0.05, 0) is 44.8 Å². The quantitative estimate of drug-likeness (QED) is 0.646. The van der Waals surface area contributed by atoms with Crippen molar-refractivity contribution in [3.8, 4) is 0 Å². The molecular formula is C19H17NOS. The third-order valence-corrected chi connectivity index (χ3v) is 4.34. The highest BCUT2D eigenvalue weighted by atomic mass is 32.1. The summed E-state index contributed by atoms with van der Waals surface area (Å²) < 4.78 is 0. The van der Waals surface area contributed by atoms with Gasteiger partial charge in [-0.15, -0.1) is 0 Å². The zero-order valence-electron chi connectivity index (χ0n) is 12.4. The van der Waals surface area contributed by atoms with E-state index in [4.69, 9.17) is 0 Å². The van der Waals surface area contributed by atoms with Crippen LogP contribution in [0.2, 0.25) is 0 Å². The molecule has 22 heavy (non-hydrogen) atoms. The molecule has 2 nitrogen and oxygen atoms in total. The molecule has 0 saturated carbocycles. The van der Waals surface area contributed by atoms with Crippen LogP contribution in [0.1, 0.15) is 11.1 Å². The molecule has 0 N–H and O–H groups in total. The van der Waals surface area contributed by atoms with Gasteiger partial charge >= 0.3 is 0 Å². The van der Waals surface area contributed by atoms with Crippen LogP contribution in [0, 0.1) is 0 Å². The maximum atomic E-state index is 12.2. The summed E-state index contributed by atoms with van der Waals surface area (Å²) in [7, 11) is 1.83. The number of amides is 1. The van der Waals surface area contributed by atoms with E-state index in [1.54, 1.807) is 22.3 Å². The van der Waals surface area contributed by atoms with Gasteiger partial charge in [-0.25, -0.2) is 0 Å².